The van der Waals surface area contributed by atoms with Crippen LogP contribution in [-0.4, -0.2) is 37.9 Å². The second-order valence-electron chi connectivity index (χ2n) is 7.64. The number of aromatic nitrogens is 5. The van der Waals surface area contributed by atoms with Gasteiger partial charge in [-0.3, -0.25) is 0 Å². The Morgan fingerprint density at radius 3 is 2.60 bits per heavy atom. The minimum absolute atomic E-state index is 0.0858. The molecule has 8 heteroatoms. The summed E-state index contributed by atoms with van der Waals surface area (Å²) in [5.74, 6) is 2.97. The van der Waals surface area contributed by atoms with Crippen LogP contribution in [0.4, 0.5) is 5.82 Å². The molecule has 1 aromatic carbocycles. The number of anilines is 1. The molecule has 0 radical (unpaired) electrons. The summed E-state index contributed by atoms with van der Waals surface area (Å²) in [5.41, 5.74) is 5.91. The molecule has 0 saturated carbocycles. The summed E-state index contributed by atoms with van der Waals surface area (Å²) in [7, 11) is 1.68. The van der Waals surface area contributed by atoms with E-state index in [9.17, 15) is 0 Å². The van der Waals surface area contributed by atoms with Crippen LogP contribution in [0.3, 0.4) is 0 Å². The average molecular weight is 406 g/mol. The predicted molar refractivity (Wildman–Crippen MR) is 115 cm³/mol. The first-order valence-corrected chi connectivity index (χ1v) is 9.93. The summed E-state index contributed by atoms with van der Waals surface area (Å²) in [6.45, 7) is 9.95. The zero-order chi connectivity index (χ0) is 21.4. The zero-order valence-corrected chi connectivity index (χ0v) is 18.1. The highest BCUT2D eigenvalue weighted by atomic mass is 16.5. The van der Waals surface area contributed by atoms with Gasteiger partial charge in [-0.15, -0.1) is 0 Å². The van der Waals surface area contributed by atoms with E-state index in [-0.39, 0.29) is 6.04 Å². The van der Waals surface area contributed by atoms with Crippen LogP contribution in [0.2, 0.25) is 0 Å². The van der Waals surface area contributed by atoms with Gasteiger partial charge in [0.15, 0.2) is 11.5 Å². The molecule has 4 aromatic rings. The van der Waals surface area contributed by atoms with E-state index in [1.54, 1.807) is 14.0 Å². The largest absolute Gasteiger partial charge is 0.497 e. The number of benzene rings is 1. The molecule has 4 rings (SSSR count). The van der Waals surface area contributed by atoms with Gasteiger partial charge >= 0.3 is 0 Å². The third-order valence-corrected chi connectivity index (χ3v) is 5.05. The fraction of sp³-hybridized carbons (Fsp3) is 0.364. The molecular weight excluding hydrogens is 380 g/mol. The summed E-state index contributed by atoms with van der Waals surface area (Å²) < 4.78 is 12.3. The van der Waals surface area contributed by atoms with Crippen LogP contribution in [0.1, 0.15) is 35.6 Å². The molecule has 0 aliphatic carbocycles. The molecule has 1 N–H and O–H groups in total. The number of hydrogen-bond acceptors (Lipinski definition) is 7. The van der Waals surface area contributed by atoms with Crippen LogP contribution < -0.4 is 10.1 Å². The quantitative estimate of drug-likeness (QED) is 0.516. The lowest BCUT2D eigenvalue weighted by Crippen LogP contribution is -2.21. The number of aryl methyl sites for hydroxylation is 4. The van der Waals surface area contributed by atoms with Gasteiger partial charge in [-0.1, -0.05) is 11.2 Å². The highest BCUT2D eigenvalue weighted by molar-refractivity contribution is 5.83. The van der Waals surface area contributed by atoms with Gasteiger partial charge in [0.05, 0.1) is 12.8 Å². The van der Waals surface area contributed by atoms with Gasteiger partial charge in [0, 0.05) is 36.7 Å². The maximum atomic E-state index is 5.35. The summed E-state index contributed by atoms with van der Waals surface area (Å²) in [6, 6.07) is 8.15. The molecule has 8 nitrogen and oxygen atoms in total. The molecule has 156 valence electrons. The van der Waals surface area contributed by atoms with Crippen LogP contribution in [-0.2, 0) is 6.42 Å². The second-order valence-corrected chi connectivity index (χ2v) is 7.64. The van der Waals surface area contributed by atoms with Gasteiger partial charge in [-0.05, 0) is 51.0 Å². The van der Waals surface area contributed by atoms with Gasteiger partial charge in [-0.25, -0.2) is 4.98 Å². The maximum absolute atomic E-state index is 5.35. The van der Waals surface area contributed by atoms with Crippen molar-refractivity contribution in [1.29, 1.82) is 0 Å². The highest BCUT2D eigenvalue weighted by Crippen LogP contribution is 2.33. The summed E-state index contributed by atoms with van der Waals surface area (Å²) >= 11 is 0. The van der Waals surface area contributed by atoms with Gasteiger partial charge in [0.2, 0.25) is 5.89 Å². The Morgan fingerprint density at radius 1 is 1.13 bits per heavy atom. The third-order valence-electron chi connectivity index (χ3n) is 5.05. The Balaban J connectivity index is 1.73. The topological polar surface area (TPSA) is 90.4 Å². The van der Waals surface area contributed by atoms with Gasteiger partial charge < -0.3 is 14.6 Å². The van der Waals surface area contributed by atoms with E-state index in [0.717, 1.165) is 45.3 Å². The molecule has 0 bridgehead atoms. The lowest BCUT2D eigenvalue weighted by atomic mass is 10.0. The van der Waals surface area contributed by atoms with Crippen molar-refractivity contribution >= 4 is 11.5 Å². The van der Waals surface area contributed by atoms with Gasteiger partial charge in [-0.2, -0.15) is 14.6 Å². The molecule has 30 heavy (non-hydrogen) atoms. The van der Waals surface area contributed by atoms with Crippen LogP contribution in [0.25, 0.3) is 16.8 Å². The van der Waals surface area contributed by atoms with Crippen molar-refractivity contribution in [3.05, 3.63) is 52.9 Å². The monoisotopic (exact) mass is 406 g/mol. The van der Waals surface area contributed by atoms with Crippen LogP contribution >= 0.6 is 0 Å². The zero-order valence-electron chi connectivity index (χ0n) is 18.1. The number of fused-ring (bicyclic) bond motifs is 1. The second kappa shape index (κ2) is 7.78. The molecular formula is C22H26N6O2. The molecule has 0 amide bonds. The molecule has 0 aliphatic heterocycles. The predicted octanol–water partition coefficient (Wildman–Crippen LogP) is 4.06. The fourth-order valence-corrected chi connectivity index (χ4v) is 3.71. The Kier molecular flexibility index (Phi) is 5.15. The standard InChI is InChI=1S/C22H26N6O2/c1-12-9-17(29-6)7-8-18(12)21-15(4)26-28-20(11-14(3)24-22(21)28)23-13(2)10-19-25-16(5)30-27-19/h7-9,11,13,23H,10H2,1-6H3/t13-/m1/s1. The number of ether oxygens (including phenoxy) is 1. The lowest BCUT2D eigenvalue weighted by Gasteiger charge is -2.15. The Hall–Kier alpha value is -3.42. The SMILES string of the molecule is COc1ccc(-c2c(C)nn3c(N[C@H](C)Cc4noc(C)n4)cc(C)nc23)c(C)c1. The van der Waals surface area contributed by atoms with Crippen molar-refractivity contribution in [2.45, 2.75) is 47.1 Å². The highest BCUT2D eigenvalue weighted by Gasteiger charge is 2.19. The maximum Gasteiger partial charge on any atom is 0.223 e. The summed E-state index contributed by atoms with van der Waals surface area (Å²) in [5, 5.41) is 12.3. The minimum atomic E-state index is 0.0858. The first-order valence-electron chi connectivity index (χ1n) is 9.93. The van der Waals surface area contributed by atoms with Crippen molar-refractivity contribution in [3.63, 3.8) is 0 Å². The Labute approximate surface area is 175 Å². The van der Waals surface area contributed by atoms with E-state index >= 15 is 0 Å². The van der Waals surface area contributed by atoms with Gasteiger partial charge in [0.25, 0.3) is 0 Å². The van der Waals surface area contributed by atoms with Crippen LogP contribution in [0.15, 0.2) is 28.8 Å². The van der Waals surface area contributed by atoms with Crippen molar-refractivity contribution in [2.75, 3.05) is 12.4 Å². The van der Waals surface area contributed by atoms with E-state index in [4.69, 9.17) is 19.3 Å². The summed E-state index contributed by atoms with van der Waals surface area (Å²) in [6.07, 6.45) is 0.644. The molecule has 0 saturated heterocycles. The molecule has 0 aliphatic rings. The molecule has 3 heterocycles. The number of rotatable bonds is 6. The van der Waals surface area contributed by atoms with Crippen molar-refractivity contribution in [3.8, 4) is 16.9 Å². The number of nitrogens with one attached hydrogen (secondary N) is 1. The lowest BCUT2D eigenvalue weighted by molar-refractivity contribution is 0.386. The van der Waals surface area contributed by atoms with Gasteiger partial charge in [0.1, 0.15) is 11.6 Å². The van der Waals surface area contributed by atoms with Crippen LogP contribution in [0.5, 0.6) is 5.75 Å². The fourth-order valence-electron chi connectivity index (χ4n) is 3.71. The molecule has 3 aromatic heterocycles. The van der Waals surface area contributed by atoms with E-state index in [2.05, 4.69) is 35.4 Å². The third kappa shape index (κ3) is 3.72. The van der Waals surface area contributed by atoms with E-state index in [1.165, 1.54) is 0 Å². The van der Waals surface area contributed by atoms with Crippen molar-refractivity contribution < 1.29 is 9.26 Å². The number of hydrogen-bond donors (Lipinski definition) is 1. The van der Waals surface area contributed by atoms with E-state index in [1.807, 2.05) is 36.6 Å². The van der Waals surface area contributed by atoms with Crippen LogP contribution in [0, 0.1) is 27.7 Å². The molecule has 0 fully saturated rings. The number of nitrogens with zero attached hydrogens (tertiary/aromatic N) is 5. The normalized spacial score (nSPS) is 12.3. The summed E-state index contributed by atoms with van der Waals surface area (Å²) in [4.78, 5) is 9.09. The first-order chi connectivity index (χ1) is 14.4. The van der Waals surface area contributed by atoms with Crippen molar-refractivity contribution in [1.82, 2.24) is 24.7 Å². The average Bonchev–Trinajstić information content (AvgIpc) is 3.24. The molecule has 1 atom stereocenters. The van der Waals surface area contributed by atoms with E-state index in [0.29, 0.717) is 18.1 Å². The Morgan fingerprint density at radius 2 is 1.93 bits per heavy atom. The Bertz CT molecular complexity index is 1210. The molecule has 0 unspecified atom stereocenters. The first kappa shape index (κ1) is 19.9. The van der Waals surface area contributed by atoms with Crippen molar-refractivity contribution in [2.24, 2.45) is 0 Å². The smallest absolute Gasteiger partial charge is 0.223 e. The number of methoxy groups -OCH3 is 1. The minimum Gasteiger partial charge on any atom is -0.497 e. The molecule has 0 spiro atoms. The van der Waals surface area contributed by atoms with E-state index < -0.39 is 0 Å².